The van der Waals surface area contributed by atoms with Gasteiger partial charge in [-0.1, -0.05) is 67.7 Å². The Kier molecular flexibility index (Phi) is 35.2. The van der Waals surface area contributed by atoms with Crippen LogP contribution in [0.5, 0.6) is 0 Å². The second-order valence-corrected chi connectivity index (χ2v) is 3.09. The molecular formula is C11H28. The van der Waals surface area contributed by atoms with Crippen molar-refractivity contribution in [2.45, 2.75) is 67.7 Å². The van der Waals surface area contributed by atoms with Crippen LogP contribution < -0.4 is 0 Å². The van der Waals surface area contributed by atoms with Crippen LogP contribution in [0, 0.1) is 5.92 Å². The summed E-state index contributed by atoms with van der Waals surface area (Å²) in [4.78, 5) is 0. The lowest BCUT2D eigenvalue weighted by Gasteiger charge is -1.79. The molecule has 11 heavy (non-hydrogen) atoms. The number of rotatable bonds is 2. The van der Waals surface area contributed by atoms with E-state index < -0.39 is 0 Å². The van der Waals surface area contributed by atoms with E-state index in [0.717, 1.165) is 5.92 Å². The third-order valence-corrected chi connectivity index (χ3v) is 0.707. The zero-order valence-electron chi connectivity index (χ0n) is 9.70. The molecule has 0 fully saturated rings. The Morgan fingerprint density at radius 3 is 1.00 bits per heavy atom. The van der Waals surface area contributed by atoms with Crippen molar-refractivity contribution < 1.29 is 0 Å². The topological polar surface area (TPSA) is 0 Å². The quantitative estimate of drug-likeness (QED) is 0.540. The summed E-state index contributed by atoms with van der Waals surface area (Å²) < 4.78 is 0. The lowest BCUT2D eigenvalue weighted by molar-refractivity contribution is 0.737. The van der Waals surface area contributed by atoms with E-state index in [2.05, 4.69) is 34.6 Å². The van der Waals surface area contributed by atoms with Gasteiger partial charge in [-0.25, -0.2) is 0 Å². The zero-order chi connectivity index (χ0) is 9.70. The summed E-state index contributed by atoms with van der Waals surface area (Å²) in [6.07, 6.45) is 4.08. The van der Waals surface area contributed by atoms with Crippen molar-refractivity contribution in [3.8, 4) is 0 Å². The summed E-state index contributed by atoms with van der Waals surface area (Å²) >= 11 is 0. The summed E-state index contributed by atoms with van der Waals surface area (Å²) in [7, 11) is 0. The van der Waals surface area contributed by atoms with Crippen LogP contribution in [0.25, 0.3) is 0 Å². The highest BCUT2D eigenvalue weighted by Crippen LogP contribution is 1.88. The number of unbranched alkanes of at least 4 members (excludes halogenated alkanes) is 2. The molecule has 0 bridgehead atoms. The molecule has 0 spiro atoms. The van der Waals surface area contributed by atoms with Gasteiger partial charge in [0.2, 0.25) is 0 Å². The van der Waals surface area contributed by atoms with Crippen LogP contribution in [-0.4, -0.2) is 0 Å². The second kappa shape index (κ2) is 22.5. The van der Waals surface area contributed by atoms with Crippen molar-refractivity contribution in [3.63, 3.8) is 0 Å². The molecule has 0 atom stereocenters. The Bertz CT molecular complexity index is 24.3. The zero-order valence-corrected chi connectivity index (χ0v) is 9.70. The Morgan fingerprint density at radius 1 is 0.818 bits per heavy atom. The molecule has 0 nitrogen and oxygen atoms in total. The Labute approximate surface area is 74.4 Å². The Hall–Kier alpha value is 0. The molecule has 0 aliphatic carbocycles. The first-order chi connectivity index (χ1) is 5.15. The summed E-state index contributed by atoms with van der Waals surface area (Å²) in [5.74, 6) is 0.833. The lowest BCUT2D eigenvalue weighted by Crippen LogP contribution is -1.66. The monoisotopic (exact) mass is 160 g/mol. The largest absolute Gasteiger partial charge is 0.0683 e. The molecule has 0 heterocycles. The molecule has 0 aliphatic heterocycles. The van der Waals surface area contributed by atoms with Gasteiger partial charge >= 0.3 is 0 Å². The van der Waals surface area contributed by atoms with Gasteiger partial charge in [0.1, 0.15) is 0 Å². The highest BCUT2D eigenvalue weighted by molar-refractivity contribution is 4.24. The van der Waals surface area contributed by atoms with Crippen molar-refractivity contribution in [1.82, 2.24) is 0 Å². The fraction of sp³-hybridized carbons (Fsp3) is 1.00. The van der Waals surface area contributed by atoms with Gasteiger partial charge in [0.05, 0.1) is 0 Å². The van der Waals surface area contributed by atoms with Crippen molar-refractivity contribution in [1.29, 1.82) is 0 Å². The molecule has 0 radical (unpaired) electrons. The van der Waals surface area contributed by atoms with E-state index in [9.17, 15) is 0 Å². The van der Waals surface area contributed by atoms with Crippen LogP contribution >= 0.6 is 0 Å². The van der Waals surface area contributed by atoms with Crippen molar-refractivity contribution >= 4 is 0 Å². The summed E-state index contributed by atoms with van der Waals surface area (Å²) in [6.45, 7) is 14.9. The van der Waals surface area contributed by atoms with E-state index in [1.54, 1.807) is 0 Å². The smallest absolute Gasteiger partial charge is 0.0500 e. The van der Waals surface area contributed by atoms with Gasteiger partial charge in [0.15, 0.2) is 0 Å². The minimum atomic E-state index is 0.833. The van der Waals surface area contributed by atoms with Gasteiger partial charge < -0.3 is 0 Å². The molecule has 0 rings (SSSR count). The van der Waals surface area contributed by atoms with Crippen LogP contribution in [0.1, 0.15) is 67.7 Å². The van der Waals surface area contributed by atoms with E-state index in [4.69, 9.17) is 0 Å². The Balaban J connectivity index is -0.0000000965. The van der Waals surface area contributed by atoms with Gasteiger partial charge in [-0.3, -0.25) is 0 Å². The average Bonchev–Trinajstić information content (AvgIpc) is 1.93. The molecule has 0 N–H and O–H groups in total. The maximum absolute atomic E-state index is 2.21. The minimum Gasteiger partial charge on any atom is -0.0683 e. The summed E-state index contributed by atoms with van der Waals surface area (Å²) in [5, 5.41) is 0. The molecular weight excluding hydrogens is 132 g/mol. The maximum atomic E-state index is 2.21. The summed E-state index contributed by atoms with van der Waals surface area (Å²) in [5.41, 5.74) is 0. The first kappa shape index (κ1) is 17.2. The molecule has 0 saturated heterocycles. The van der Waals surface area contributed by atoms with E-state index in [-0.39, 0.29) is 0 Å². The van der Waals surface area contributed by atoms with Crippen LogP contribution in [0.2, 0.25) is 0 Å². The van der Waals surface area contributed by atoms with Gasteiger partial charge in [0, 0.05) is 0 Å². The molecule has 0 unspecified atom stereocenters. The highest BCUT2D eigenvalue weighted by atomic mass is 13.7. The van der Waals surface area contributed by atoms with Gasteiger partial charge in [-0.05, 0) is 5.92 Å². The van der Waals surface area contributed by atoms with Crippen LogP contribution in [0.15, 0.2) is 0 Å². The standard InChI is InChI=1S/C5H12.C4H10.C2H6/c1-3-5-4-2;1-4(2)3;1-2/h3-5H2,1-2H3;4H,1-3H3;1-2H3. The van der Waals surface area contributed by atoms with Crippen molar-refractivity contribution in [2.75, 3.05) is 0 Å². The molecule has 0 heteroatoms. The second-order valence-electron chi connectivity index (χ2n) is 3.09. The van der Waals surface area contributed by atoms with Gasteiger partial charge in [-0.2, -0.15) is 0 Å². The van der Waals surface area contributed by atoms with Crippen molar-refractivity contribution in [3.05, 3.63) is 0 Å². The van der Waals surface area contributed by atoms with E-state index in [0.29, 0.717) is 0 Å². The van der Waals surface area contributed by atoms with Crippen molar-refractivity contribution in [2.24, 2.45) is 5.92 Å². The van der Waals surface area contributed by atoms with Crippen LogP contribution in [-0.2, 0) is 0 Å². The Morgan fingerprint density at radius 2 is 1.00 bits per heavy atom. The lowest BCUT2D eigenvalue weighted by atomic mass is 10.3. The third kappa shape index (κ3) is 160. The molecule has 0 saturated carbocycles. The molecule has 0 aromatic carbocycles. The maximum Gasteiger partial charge on any atom is -0.0500 e. The SMILES string of the molecule is CC.CC(C)C.CCCCC. The predicted octanol–water partition coefficient (Wildman–Crippen LogP) is 4.89. The number of hydrogen-bond donors (Lipinski definition) is 0. The molecule has 72 valence electrons. The average molecular weight is 160 g/mol. The fourth-order valence-corrected chi connectivity index (χ4v) is 0.354. The minimum absolute atomic E-state index is 0.833. The normalized spacial score (nSPS) is 7.64. The highest BCUT2D eigenvalue weighted by Gasteiger charge is 1.68. The third-order valence-electron chi connectivity index (χ3n) is 0.707. The first-order valence-electron chi connectivity index (χ1n) is 5.15. The van der Waals surface area contributed by atoms with Crippen LogP contribution in [0.3, 0.4) is 0 Å². The molecule has 0 aliphatic rings. The van der Waals surface area contributed by atoms with E-state index in [1.165, 1.54) is 19.3 Å². The predicted molar refractivity (Wildman–Crippen MR) is 57.1 cm³/mol. The van der Waals surface area contributed by atoms with Gasteiger partial charge in [0.25, 0.3) is 0 Å². The van der Waals surface area contributed by atoms with Crippen LogP contribution in [0.4, 0.5) is 0 Å². The summed E-state index contributed by atoms with van der Waals surface area (Å²) in [6, 6.07) is 0. The first-order valence-corrected chi connectivity index (χ1v) is 5.15. The fourth-order valence-electron chi connectivity index (χ4n) is 0.354. The molecule has 0 amide bonds. The van der Waals surface area contributed by atoms with Gasteiger partial charge in [-0.15, -0.1) is 0 Å². The molecule has 0 aromatic heterocycles. The van der Waals surface area contributed by atoms with E-state index in [1.807, 2.05) is 13.8 Å². The number of hydrogen-bond acceptors (Lipinski definition) is 0. The molecule has 0 aromatic rings. The van der Waals surface area contributed by atoms with E-state index >= 15 is 0 Å².